The fourth-order valence-electron chi connectivity index (χ4n) is 2.52. The second kappa shape index (κ2) is 6.71. The summed E-state index contributed by atoms with van der Waals surface area (Å²) in [6.45, 7) is 1.12. The van der Waals surface area contributed by atoms with E-state index in [1.165, 1.54) is 4.90 Å². The van der Waals surface area contributed by atoms with Crippen molar-refractivity contribution in [2.75, 3.05) is 29.9 Å². The molecule has 1 aliphatic rings. The summed E-state index contributed by atoms with van der Waals surface area (Å²) in [6.07, 6.45) is 0. The van der Waals surface area contributed by atoms with Crippen molar-refractivity contribution >= 4 is 34.9 Å². The molecule has 0 unspecified atom stereocenters. The molecule has 1 N–H and O–H groups in total. The standard InChI is InChI=1S/C17H16ClN3O2/c18-13-5-4-6-14(11-13)19-16(22)12-20-9-10-21(17(20)23)15-7-2-1-3-8-15/h1-8,11H,9-10,12H2,(H,19,22). The van der Waals surface area contributed by atoms with E-state index >= 15 is 0 Å². The first-order valence-electron chi connectivity index (χ1n) is 7.30. The number of nitrogens with one attached hydrogen (secondary N) is 1. The lowest BCUT2D eigenvalue weighted by Crippen LogP contribution is -2.37. The molecule has 1 saturated heterocycles. The first-order chi connectivity index (χ1) is 11.1. The van der Waals surface area contributed by atoms with Gasteiger partial charge in [-0.3, -0.25) is 9.69 Å². The predicted molar refractivity (Wildman–Crippen MR) is 90.8 cm³/mol. The summed E-state index contributed by atoms with van der Waals surface area (Å²) in [5.41, 5.74) is 1.46. The number of carbonyl (C=O) groups is 2. The van der Waals surface area contributed by atoms with Crippen LogP contribution < -0.4 is 10.2 Å². The Kier molecular flexibility index (Phi) is 4.48. The summed E-state index contributed by atoms with van der Waals surface area (Å²) in [6, 6.07) is 16.2. The molecule has 0 aromatic heterocycles. The third-order valence-electron chi connectivity index (χ3n) is 3.61. The van der Waals surface area contributed by atoms with Crippen LogP contribution in [0, 0.1) is 0 Å². The minimum absolute atomic E-state index is 0.0225. The summed E-state index contributed by atoms with van der Waals surface area (Å²) in [5.74, 6) is -0.240. The largest absolute Gasteiger partial charge is 0.325 e. The summed E-state index contributed by atoms with van der Waals surface area (Å²) in [7, 11) is 0. The normalized spacial score (nSPS) is 14.2. The van der Waals surface area contributed by atoms with Crippen LogP contribution in [0.25, 0.3) is 0 Å². The van der Waals surface area contributed by atoms with Gasteiger partial charge in [0, 0.05) is 29.5 Å². The fourth-order valence-corrected chi connectivity index (χ4v) is 2.71. The average molecular weight is 330 g/mol. The van der Waals surface area contributed by atoms with Gasteiger partial charge in [0.2, 0.25) is 5.91 Å². The molecule has 1 fully saturated rings. The first kappa shape index (κ1) is 15.4. The monoisotopic (exact) mass is 329 g/mol. The summed E-state index contributed by atoms with van der Waals surface area (Å²) in [4.78, 5) is 27.7. The molecule has 3 amide bonds. The quantitative estimate of drug-likeness (QED) is 0.936. The molecule has 3 rings (SSSR count). The summed E-state index contributed by atoms with van der Waals surface area (Å²) >= 11 is 5.89. The Morgan fingerprint density at radius 2 is 1.87 bits per heavy atom. The zero-order valence-corrected chi connectivity index (χ0v) is 13.2. The Morgan fingerprint density at radius 1 is 1.09 bits per heavy atom. The molecule has 0 spiro atoms. The Bertz CT molecular complexity index is 721. The van der Waals surface area contributed by atoms with Gasteiger partial charge in [-0.2, -0.15) is 0 Å². The molecule has 1 aliphatic heterocycles. The number of anilines is 2. The lowest BCUT2D eigenvalue weighted by molar-refractivity contribution is -0.116. The van der Waals surface area contributed by atoms with Gasteiger partial charge in [-0.25, -0.2) is 4.79 Å². The molecule has 0 atom stereocenters. The summed E-state index contributed by atoms with van der Waals surface area (Å²) < 4.78 is 0. The smallest absolute Gasteiger partial charge is 0.324 e. The van der Waals surface area contributed by atoms with Crippen LogP contribution in [0.5, 0.6) is 0 Å². The highest BCUT2D eigenvalue weighted by Crippen LogP contribution is 2.20. The highest BCUT2D eigenvalue weighted by molar-refractivity contribution is 6.30. The minimum Gasteiger partial charge on any atom is -0.324 e. The zero-order chi connectivity index (χ0) is 16.2. The van der Waals surface area contributed by atoms with Gasteiger partial charge in [0.15, 0.2) is 0 Å². The third kappa shape index (κ3) is 3.63. The molecule has 23 heavy (non-hydrogen) atoms. The van der Waals surface area contributed by atoms with Crippen LogP contribution >= 0.6 is 11.6 Å². The molecule has 6 heteroatoms. The Labute approximate surface area is 139 Å². The maximum absolute atomic E-state index is 12.4. The molecule has 118 valence electrons. The van der Waals surface area contributed by atoms with Crippen molar-refractivity contribution in [3.8, 4) is 0 Å². The molecule has 0 aliphatic carbocycles. The molecule has 0 radical (unpaired) electrons. The van der Waals surface area contributed by atoms with E-state index in [-0.39, 0.29) is 18.5 Å². The number of rotatable bonds is 4. The lowest BCUT2D eigenvalue weighted by Gasteiger charge is -2.18. The van der Waals surface area contributed by atoms with Crippen LogP contribution in [-0.2, 0) is 4.79 Å². The number of hydrogen-bond donors (Lipinski definition) is 1. The number of para-hydroxylation sites is 1. The van der Waals surface area contributed by atoms with E-state index in [1.807, 2.05) is 30.3 Å². The molecular formula is C17H16ClN3O2. The Morgan fingerprint density at radius 3 is 2.61 bits per heavy atom. The number of nitrogens with zero attached hydrogens (tertiary/aromatic N) is 2. The van der Waals surface area contributed by atoms with Crippen molar-refractivity contribution in [2.24, 2.45) is 0 Å². The maximum Gasteiger partial charge on any atom is 0.325 e. The van der Waals surface area contributed by atoms with E-state index in [2.05, 4.69) is 5.32 Å². The lowest BCUT2D eigenvalue weighted by atomic mass is 10.3. The van der Waals surface area contributed by atoms with Crippen molar-refractivity contribution in [1.82, 2.24) is 4.90 Å². The van der Waals surface area contributed by atoms with E-state index in [0.29, 0.717) is 23.8 Å². The molecular weight excluding hydrogens is 314 g/mol. The Balaban J connectivity index is 1.60. The van der Waals surface area contributed by atoms with E-state index in [0.717, 1.165) is 5.69 Å². The predicted octanol–water partition coefficient (Wildman–Crippen LogP) is 3.22. The van der Waals surface area contributed by atoms with Gasteiger partial charge in [0.1, 0.15) is 6.54 Å². The first-order valence-corrected chi connectivity index (χ1v) is 7.68. The molecule has 2 aromatic carbocycles. The highest BCUT2D eigenvalue weighted by Gasteiger charge is 2.30. The Hall–Kier alpha value is -2.53. The number of benzene rings is 2. The van der Waals surface area contributed by atoms with Crippen molar-refractivity contribution in [2.45, 2.75) is 0 Å². The topological polar surface area (TPSA) is 52.7 Å². The van der Waals surface area contributed by atoms with Gasteiger partial charge >= 0.3 is 6.03 Å². The van der Waals surface area contributed by atoms with Crippen molar-refractivity contribution in [3.05, 3.63) is 59.6 Å². The van der Waals surface area contributed by atoms with Crippen molar-refractivity contribution in [3.63, 3.8) is 0 Å². The minimum atomic E-state index is -0.240. The zero-order valence-electron chi connectivity index (χ0n) is 12.4. The molecule has 0 bridgehead atoms. The van der Waals surface area contributed by atoms with Crippen molar-refractivity contribution < 1.29 is 9.59 Å². The maximum atomic E-state index is 12.4. The third-order valence-corrected chi connectivity index (χ3v) is 3.84. The van der Waals surface area contributed by atoms with Crippen LogP contribution in [0.15, 0.2) is 54.6 Å². The number of urea groups is 1. The van der Waals surface area contributed by atoms with Crippen molar-refractivity contribution in [1.29, 1.82) is 0 Å². The molecule has 2 aromatic rings. The molecule has 1 heterocycles. The van der Waals surface area contributed by atoms with Crippen LogP contribution in [-0.4, -0.2) is 36.5 Å². The second-order valence-corrected chi connectivity index (χ2v) is 5.69. The average Bonchev–Trinajstić information content (AvgIpc) is 2.89. The second-order valence-electron chi connectivity index (χ2n) is 5.25. The molecule has 0 saturated carbocycles. The van der Waals surface area contributed by atoms with Crippen LogP contribution in [0.2, 0.25) is 5.02 Å². The van der Waals surface area contributed by atoms with E-state index in [4.69, 9.17) is 11.6 Å². The van der Waals surface area contributed by atoms with E-state index in [9.17, 15) is 9.59 Å². The van der Waals surface area contributed by atoms with E-state index < -0.39 is 0 Å². The number of hydrogen-bond acceptors (Lipinski definition) is 2. The number of carbonyl (C=O) groups excluding carboxylic acids is 2. The molecule has 5 nitrogen and oxygen atoms in total. The van der Waals surface area contributed by atoms with Gasteiger partial charge in [0.25, 0.3) is 0 Å². The number of amides is 3. The van der Waals surface area contributed by atoms with Gasteiger partial charge in [-0.1, -0.05) is 35.9 Å². The van der Waals surface area contributed by atoms with Gasteiger partial charge in [-0.15, -0.1) is 0 Å². The van der Waals surface area contributed by atoms with Gasteiger partial charge in [-0.05, 0) is 30.3 Å². The highest BCUT2D eigenvalue weighted by atomic mass is 35.5. The van der Waals surface area contributed by atoms with Crippen LogP contribution in [0.1, 0.15) is 0 Å². The number of halogens is 1. The fraction of sp³-hybridized carbons (Fsp3) is 0.176. The summed E-state index contributed by atoms with van der Waals surface area (Å²) in [5, 5.41) is 3.30. The van der Waals surface area contributed by atoms with Gasteiger partial charge < -0.3 is 10.2 Å². The van der Waals surface area contributed by atoms with Crippen LogP contribution in [0.3, 0.4) is 0 Å². The SMILES string of the molecule is O=C(CN1CCN(c2ccccc2)C1=O)Nc1cccc(Cl)c1. The van der Waals surface area contributed by atoms with E-state index in [1.54, 1.807) is 29.2 Å². The van der Waals surface area contributed by atoms with Gasteiger partial charge in [0.05, 0.1) is 0 Å². The van der Waals surface area contributed by atoms with Crippen LogP contribution in [0.4, 0.5) is 16.2 Å².